The highest BCUT2D eigenvalue weighted by Crippen LogP contribution is 2.26. The van der Waals surface area contributed by atoms with Crippen molar-refractivity contribution in [2.45, 2.75) is 6.92 Å². The predicted octanol–water partition coefficient (Wildman–Crippen LogP) is 2.94. The van der Waals surface area contributed by atoms with E-state index in [0.29, 0.717) is 5.69 Å². The molecule has 5 heteroatoms. The molecule has 3 rings (SSSR count). The predicted molar refractivity (Wildman–Crippen MR) is 78.5 cm³/mol. The minimum atomic E-state index is -0.999. The number of hydrogen-bond acceptors (Lipinski definition) is 3. The summed E-state index contributed by atoms with van der Waals surface area (Å²) < 4.78 is 1.64. The Bertz CT molecular complexity index is 794. The van der Waals surface area contributed by atoms with E-state index >= 15 is 0 Å². The molecule has 104 valence electrons. The number of aromatic carboxylic acids is 1. The number of carboxylic acid groups (broad SMARTS) is 1. The van der Waals surface area contributed by atoms with Crippen LogP contribution in [0.15, 0.2) is 55.0 Å². The highest BCUT2D eigenvalue weighted by atomic mass is 16.4. The SMILES string of the molecule is Cc1cccc(-n2ncc(C(=O)O)c2-c2ccncc2)c1. The molecule has 0 bridgehead atoms. The van der Waals surface area contributed by atoms with Crippen molar-refractivity contribution in [3.63, 3.8) is 0 Å². The van der Waals surface area contributed by atoms with Crippen LogP contribution in [0, 0.1) is 6.92 Å². The highest BCUT2D eigenvalue weighted by molar-refractivity contribution is 5.95. The topological polar surface area (TPSA) is 68.0 Å². The number of carbonyl (C=O) groups is 1. The molecule has 0 amide bonds. The van der Waals surface area contributed by atoms with Gasteiger partial charge in [-0.2, -0.15) is 5.10 Å². The molecule has 1 N–H and O–H groups in total. The van der Waals surface area contributed by atoms with Gasteiger partial charge in [-0.25, -0.2) is 9.48 Å². The van der Waals surface area contributed by atoms with Gasteiger partial charge in [0.05, 0.1) is 17.6 Å². The maximum atomic E-state index is 11.4. The molecule has 0 fully saturated rings. The van der Waals surface area contributed by atoms with E-state index in [-0.39, 0.29) is 5.56 Å². The van der Waals surface area contributed by atoms with Crippen LogP contribution in [0.25, 0.3) is 16.9 Å². The zero-order chi connectivity index (χ0) is 14.8. The summed E-state index contributed by atoms with van der Waals surface area (Å²) in [5.74, 6) is -0.999. The summed E-state index contributed by atoms with van der Waals surface area (Å²) in [6.07, 6.45) is 4.64. The number of carboxylic acids is 1. The van der Waals surface area contributed by atoms with Crippen molar-refractivity contribution in [2.75, 3.05) is 0 Å². The normalized spacial score (nSPS) is 10.5. The fourth-order valence-electron chi connectivity index (χ4n) is 2.25. The number of aromatic nitrogens is 3. The summed E-state index contributed by atoms with van der Waals surface area (Å²) in [7, 11) is 0. The molecule has 0 saturated carbocycles. The van der Waals surface area contributed by atoms with Crippen molar-refractivity contribution < 1.29 is 9.90 Å². The first-order chi connectivity index (χ1) is 10.2. The monoisotopic (exact) mass is 279 g/mol. The van der Waals surface area contributed by atoms with E-state index in [9.17, 15) is 9.90 Å². The Morgan fingerprint density at radius 3 is 2.62 bits per heavy atom. The van der Waals surface area contributed by atoms with E-state index in [2.05, 4.69) is 10.1 Å². The average Bonchev–Trinajstić information content (AvgIpc) is 2.93. The van der Waals surface area contributed by atoms with Gasteiger partial charge in [0, 0.05) is 18.0 Å². The van der Waals surface area contributed by atoms with Crippen LogP contribution in [0.4, 0.5) is 0 Å². The van der Waals surface area contributed by atoms with Crippen LogP contribution in [0.3, 0.4) is 0 Å². The molecular weight excluding hydrogens is 266 g/mol. The van der Waals surface area contributed by atoms with Crippen LogP contribution in [0.2, 0.25) is 0 Å². The van der Waals surface area contributed by atoms with Gasteiger partial charge < -0.3 is 5.11 Å². The van der Waals surface area contributed by atoms with Crippen molar-refractivity contribution in [3.8, 4) is 16.9 Å². The minimum Gasteiger partial charge on any atom is -0.478 e. The number of nitrogens with zero attached hydrogens (tertiary/aromatic N) is 3. The number of pyridine rings is 1. The molecule has 2 aromatic heterocycles. The lowest BCUT2D eigenvalue weighted by Gasteiger charge is -2.09. The van der Waals surface area contributed by atoms with Gasteiger partial charge in [0.15, 0.2) is 0 Å². The van der Waals surface area contributed by atoms with Gasteiger partial charge in [-0.1, -0.05) is 12.1 Å². The smallest absolute Gasteiger partial charge is 0.339 e. The second-order valence-electron chi connectivity index (χ2n) is 4.70. The van der Waals surface area contributed by atoms with E-state index < -0.39 is 5.97 Å². The lowest BCUT2D eigenvalue weighted by molar-refractivity contribution is 0.0697. The summed E-state index contributed by atoms with van der Waals surface area (Å²) >= 11 is 0. The van der Waals surface area contributed by atoms with E-state index in [4.69, 9.17) is 0 Å². The molecule has 0 saturated heterocycles. The third-order valence-electron chi connectivity index (χ3n) is 3.20. The lowest BCUT2D eigenvalue weighted by Crippen LogP contribution is -2.03. The van der Waals surface area contributed by atoms with Gasteiger partial charge in [-0.15, -0.1) is 0 Å². The maximum Gasteiger partial charge on any atom is 0.339 e. The third kappa shape index (κ3) is 2.41. The van der Waals surface area contributed by atoms with E-state index in [1.807, 2.05) is 31.2 Å². The van der Waals surface area contributed by atoms with Gasteiger partial charge in [-0.05, 0) is 36.8 Å². The zero-order valence-electron chi connectivity index (χ0n) is 11.4. The van der Waals surface area contributed by atoms with Crippen molar-refractivity contribution in [2.24, 2.45) is 0 Å². The van der Waals surface area contributed by atoms with Crippen LogP contribution in [-0.4, -0.2) is 25.8 Å². The summed E-state index contributed by atoms with van der Waals surface area (Å²) in [6.45, 7) is 1.98. The van der Waals surface area contributed by atoms with Crippen molar-refractivity contribution >= 4 is 5.97 Å². The van der Waals surface area contributed by atoms with Gasteiger partial charge >= 0.3 is 5.97 Å². The fourth-order valence-corrected chi connectivity index (χ4v) is 2.25. The van der Waals surface area contributed by atoms with Crippen LogP contribution in [0.5, 0.6) is 0 Å². The first-order valence-corrected chi connectivity index (χ1v) is 6.45. The standard InChI is InChI=1S/C16H13N3O2/c1-11-3-2-4-13(9-11)19-15(12-5-7-17-8-6-12)14(10-18-19)16(20)21/h2-10H,1H3,(H,20,21). The van der Waals surface area contributed by atoms with E-state index in [1.54, 1.807) is 29.2 Å². The Labute approximate surface area is 121 Å². The van der Waals surface area contributed by atoms with Gasteiger partial charge in [0.25, 0.3) is 0 Å². The summed E-state index contributed by atoms with van der Waals surface area (Å²) in [5.41, 5.74) is 3.40. The van der Waals surface area contributed by atoms with Crippen LogP contribution in [0.1, 0.15) is 15.9 Å². The van der Waals surface area contributed by atoms with E-state index in [1.165, 1.54) is 6.20 Å². The molecule has 0 aliphatic heterocycles. The molecule has 0 atom stereocenters. The number of aryl methyl sites for hydroxylation is 1. The van der Waals surface area contributed by atoms with Crippen LogP contribution < -0.4 is 0 Å². The van der Waals surface area contributed by atoms with Crippen molar-refractivity contribution in [3.05, 3.63) is 66.1 Å². The molecule has 5 nitrogen and oxygen atoms in total. The van der Waals surface area contributed by atoms with E-state index in [0.717, 1.165) is 16.8 Å². The molecule has 3 aromatic rings. The Balaban J connectivity index is 2.25. The molecule has 21 heavy (non-hydrogen) atoms. The molecule has 0 aliphatic rings. The quantitative estimate of drug-likeness (QED) is 0.800. The van der Waals surface area contributed by atoms with Gasteiger partial charge in [0.1, 0.15) is 5.56 Å². The largest absolute Gasteiger partial charge is 0.478 e. The molecule has 1 aromatic carbocycles. The number of benzene rings is 1. The van der Waals surface area contributed by atoms with Crippen molar-refractivity contribution in [1.82, 2.24) is 14.8 Å². The number of hydrogen-bond donors (Lipinski definition) is 1. The molecular formula is C16H13N3O2. The third-order valence-corrected chi connectivity index (χ3v) is 3.20. The van der Waals surface area contributed by atoms with Gasteiger partial charge in [-0.3, -0.25) is 4.98 Å². The minimum absolute atomic E-state index is 0.169. The molecule has 0 aliphatic carbocycles. The molecule has 2 heterocycles. The second-order valence-corrected chi connectivity index (χ2v) is 4.70. The Kier molecular flexibility index (Phi) is 3.23. The second kappa shape index (κ2) is 5.20. The average molecular weight is 279 g/mol. The molecule has 0 spiro atoms. The highest BCUT2D eigenvalue weighted by Gasteiger charge is 2.19. The lowest BCUT2D eigenvalue weighted by atomic mass is 10.1. The summed E-state index contributed by atoms with van der Waals surface area (Å²) in [4.78, 5) is 15.4. The maximum absolute atomic E-state index is 11.4. The Morgan fingerprint density at radius 2 is 1.95 bits per heavy atom. The molecule has 0 radical (unpaired) electrons. The van der Waals surface area contributed by atoms with Crippen LogP contribution in [-0.2, 0) is 0 Å². The first kappa shape index (κ1) is 13.1. The Morgan fingerprint density at radius 1 is 1.19 bits per heavy atom. The first-order valence-electron chi connectivity index (χ1n) is 6.45. The van der Waals surface area contributed by atoms with Crippen molar-refractivity contribution in [1.29, 1.82) is 0 Å². The zero-order valence-corrected chi connectivity index (χ0v) is 11.4. The van der Waals surface area contributed by atoms with Gasteiger partial charge in [0.2, 0.25) is 0 Å². The molecule has 0 unspecified atom stereocenters. The summed E-state index contributed by atoms with van der Waals surface area (Å²) in [5, 5.41) is 13.6. The number of rotatable bonds is 3. The summed E-state index contributed by atoms with van der Waals surface area (Å²) in [6, 6.07) is 11.3. The Hall–Kier alpha value is -2.95. The van der Waals surface area contributed by atoms with Crippen LogP contribution >= 0.6 is 0 Å². The fraction of sp³-hybridized carbons (Fsp3) is 0.0625.